The molecule has 1 N–H and O–H groups in total. The molecule has 1 aliphatic rings. The quantitative estimate of drug-likeness (QED) is 0.905. The van der Waals surface area contributed by atoms with Crippen molar-refractivity contribution in [2.75, 3.05) is 19.7 Å². The van der Waals surface area contributed by atoms with Crippen molar-refractivity contribution >= 4 is 21.4 Å². The van der Waals surface area contributed by atoms with Gasteiger partial charge in [0.2, 0.25) is 0 Å². The topological polar surface area (TPSA) is 57.6 Å². The zero-order chi connectivity index (χ0) is 12.3. The number of nitrogens with zero attached hydrogens (tertiary/aromatic N) is 1. The summed E-state index contributed by atoms with van der Waals surface area (Å²) in [5.41, 5.74) is 0. The lowest BCUT2D eigenvalue weighted by molar-refractivity contribution is 0.300. The minimum absolute atomic E-state index is 0.0592. The van der Waals surface area contributed by atoms with E-state index < -0.39 is 10.0 Å². The highest BCUT2D eigenvalue weighted by Crippen LogP contribution is 2.27. The number of rotatable bonds is 4. The van der Waals surface area contributed by atoms with E-state index >= 15 is 0 Å². The minimum atomic E-state index is -3.29. The monoisotopic (exact) mass is 275 g/mol. The fraction of sp³-hybridized carbons (Fsp3) is 0.636. The molecule has 1 fully saturated rings. The molecule has 1 aliphatic heterocycles. The molecule has 0 aromatic carbocycles. The normalized spacial score (nSPS) is 18.4. The van der Waals surface area contributed by atoms with Crippen LogP contribution in [0.2, 0.25) is 0 Å². The van der Waals surface area contributed by atoms with Gasteiger partial charge in [-0.2, -0.15) is 4.31 Å². The summed E-state index contributed by atoms with van der Waals surface area (Å²) in [7, 11) is -3.29. The van der Waals surface area contributed by atoms with Crippen LogP contribution >= 0.6 is 11.3 Å². The second kappa shape index (κ2) is 5.48. The number of sulfonamides is 1. The lowest BCUT2D eigenvalue weighted by atomic mass is 10.2. The highest BCUT2D eigenvalue weighted by molar-refractivity contribution is 7.91. The highest BCUT2D eigenvalue weighted by atomic mass is 32.2. The smallest absolute Gasteiger partial charge is 0.252 e. The maximum absolute atomic E-state index is 12.3. The Kier molecular flexibility index (Phi) is 4.19. The summed E-state index contributed by atoms with van der Waals surface area (Å²) in [6.07, 6.45) is 3.55. The predicted molar refractivity (Wildman–Crippen MR) is 67.7 cm³/mol. The summed E-state index contributed by atoms with van der Waals surface area (Å²) < 4.78 is 26.5. The first-order chi connectivity index (χ1) is 8.14. The predicted octanol–water partition coefficient (Wildman–Crippen LogP) is 1.46. The number of hydrogen-bond acceptors (Lipinski definition) is 4. The third kappa shape index (κ3) is 2.88. The molecule has 96 valence electrons. The second-order valence-corrected chi connectivity index (χ2v) is 7.49. The van der Waals surface area contributed by atoms with Crippen LogP contribution in [0.5, 0.6) is 0 Å². The van der Waals surface area contributed by atoms with E-state index in [2.05, 4.69) is 0 Å². The number of thiophene rings is 1. The summed E-state index contributed by atoms with van der Waals surface area (Å²) in [5.74, 6) is 0. The van der Waals surface area contributed by atoms with Gasteiger partial charge in [0, 0.05) is 31.0 Å². The molecule has 2 heterocycles. The zero-order valence-electron chi connectivity index (χ0n) is 9.63. The summed E-state index contributed by atoms with van der Waals surface area (Å²) in [4.78, 5) is 0.920. The van der Waals surface area contributed by atoms with Crippen LogP contribution in [0, 0.1) is 0 Å². The van der Waals surface area contributed by atoms with E-state index in [9.17, 15) is 8.42 Å². The SMILES string of the molecule is O=S(=O)(c1ccc(CCO)s1)N1CCCCC1. The first kappa shape index (κ1) is 13.0. The van der Waals surface area contributed by atoms with Crippen molar-refractivity contribution in [1.82, 2.24) is 4.31 Å². The third-order valence-electron chi connectivity index (χ3n) is 2.90. The number of aliphatic hydroxyl groups excluding tert-OH is 1. The molecule has 1 aromatic rings. The molecule has 1 aromatic heterocycles. The van der Waals surface area contributed by atoms with E-state index in [1.807, 2.05) is 0 Å². The van der Waals surface area contributed by atoms with Gasteiger partial charge in [0.25, 0.3) is 10.0 Å². The summed E-state index contributed by atoms with van der Waals surface area (Å²) in [6, 6.07) is 3.44. The van der Waals surface area contributed by atoms with Crippen LogP contribution < -0.4 is 0 Å². The Morgan fingerprint density at radius 1 is 1.24 bits per heavy atom. The molecule has 1 saturated heterocycles. The van der Waals surface area contributed by atoms with Crippen molar-refractivity contribution in [2.45, 2.75) is 29.9 Å². The third-order valence-corrected chi connectivity index (χ3v) is 6.42. The van der Waals surface area contributed by atoms with Gasteiger partial charge in [0.15, 0.2) is 0 Å². The maximum Gasteiger partial charge on any atom is 0.252 e. The Labute approximate surface area is 106 Å². The van der Waals surface area contributed by atoms with Crippen LogP contribution in [0.15, 0.2) is 16.3 Å². The fourth-order valence-electron chi connectivity index (χ4n) is 1.97. The molecule has 0 atom stereocenters. The van der Waals surface area contributed by atoms with Crippen LogP contribution in [0.25, 0.3) is 0 Å². The van der Waals surface area contributed by atoms with Crippen molar-refractivity contribution in [3.05, 3.63) is 17.0 Å². The van der Waals surface area contributed by atoms with Crippen molar-refractivity contribution < 1.29 is 13.5 Å². The van der Waals surface area contributed by atoms with Gasteiger partial charge in [-0.1, -0.05) is 6.42 Å². The van der Waals surface area contributed by atoms with Gasteiger partial charge in [0.1, 0.15) is 4.21 Å². The van der Waals surface area contributed by atoms with E-state index in [1.165, 1.54) is 11.3 Å². The number of aliphatic hydroxyl groups is 1. The van der Waals surface area contributed by atoms with Gasteiger partial charge in [-0.15, -0.1) is 11.3 Å². The minimum Gasteiger partial charge on any atom is -0.396 e. The van der Waals surface area contributed by atoms with Crippen molar-refractivity contribution in [3.8, 4) is 0 Å². The molecule has 2 rings (SSSR count). The average molecular weight is 275 g/mol. The summed E-state index contributed by atoms with van der Waals surface area (Å²) >= 11 is 1.27. The van der Waals surface area contributed by atoms with E-state index in [-0.39, 0.29) is 6.61 Å². The maximum atomic E-state index is 12.3. The molecule has 0 unspecified atom stereocenters. The Morgan fingerprint density at radius 2 is 1.94 bits per heavy atom. The van der Waals surface area contributed by atoms with E-state index in [0.29, 0.717) is 23.7 Å². The molecule has 6 heteroatoms. The van der Waals surface area contributed by atoms with Crippen LogP contribution in [0.1, 0.15) is 24.1 Å². The molecule has 0 radical (unpaired) electrons. The van der Waals surface area contributed by atoms with Crippen LogP contribution in [0.3, 0.4) is 0 Å². The highest BCUT2D eigenvalue weighted by Gasteiger charge is 2.27. The van der Waals surface area contributed by atoms with Crippen LogP contribution in [0.4, 0.5) is 0 Å². The van der Waals surface area contributed by atoms with Gasteiger partial charge >= 0.3 is 0 Å². The lowest BCUT2D eigenvalue weighted by Crippen LogP contribution is -2.35. The largest absolute Gasteiger partial charge is 0.396 e. The lowest BCUT2D eigenvalue weighted by Gasteiger charge is -2.25. The standard InChI is InChI=1S/C11H17NO3S2/c13-9-6-10-4-5-11(16-10)17(14,15)12-7-2-1-3-8-12/h4-5,13H,1-3,6-9H2. The van der Waals surface area contributed by atoms with E-state index in [4.69, 9.17) is 5.11 Å². The Balaban J connectivity index is 2.18. The molecule has 0 amide bonds. The first-order valence-corrected chi connectivity index (χ1v) is 8.10. The van der Waals surface area contributed by atoms with Crippen molar-refractivity contribution in [1.29, 1.82) is 0 Å². The molecule has 0 spiro atoms. The van der Waals surface area contributed by atoms with Gasteiger partial charge < -0.3 is 5.11 Å². The molecule has 0 saturated carbocycles. The Bertz CT molecular complexity index is 461. The zero-order valence-corrected chi connectivity index (χ0v) is 11.3. The molecule has 17 heavy (non-hydrogen) atoms. The van der Waals surface area contributed by atoms with Gasteiger partial charge in [0.05, 0.1) is 0 Å². The summed E-state index contributed by atoms with van der Waals surface area (Å²) in [6.45, 7) is 1.33. The number of piperidine rings is 1. The molecular formula is C11H17NO3S2. The Morgan fingerprint density at radius 3 is 2.59 bits per heavy atom. The fourth-order valence-corrected chi connectivity index (χ4v) is 4.99. The van der Waals surface area contributed by atoms with Crippen molar-refractivity contribution in [3.63, 3.8) is 0 Å². The van der Waals surface area contributed by atoms with E-state index in [0.717, 1.165) is 24.1 Å². The van der Waals surface area contributed by atoms with Gasteiger partial charge in [-0.05, 0) is 25.0 Å². The van der Waals surface area contributed by atoms with Gasteiger partial charge in [-0.3, -0.25) is 0 Å². The molecular weight excluding hydrogens is 258 g/mol. The molecule has 0 bridgehead atoms. The summed E-state index contributed by atoms with van der Waals surface area (Å²) in [5, 5.41) is 8.83. The second-order valence-electron chi connectivity index (χ2n) is 4.16. The van der Waals surface area contributed by atoms with Crippen LogP contribution in [-0.4, -0.2) is 37.5 Å². The Hall–Kier alpha value is -0.430. The van der Waals surface area contributed by atoms with Gasteiger partial charge in [-0.25, -0.2) is 8.42 Å². The number of hydrogen-bond donors (Lipinski definition) is 1. The molecule has 4 nitrogen and oxygen atoms in total. The van der Waals surface area contributed by atoms with Crippen molar-refractivity contribution in [2.24, 2.45) is 0 Å². The van der Waals surface area contributed by atoms with E-state index in [1.54, 1.807) is 16.4 Å². The first-order valence-electron chi connectivity index (χ1n) is 5.84. The van der Waals surface area contributed by atoms with Crippen LogP contribution in [-0.2, 0) is 16.4 Å². The average Bonchev–Trinajstić information content (AvgIpc) is 2.80. The molecule has 0 aliphatic carbocycles.